The van der Waals surface area contributed by atoms with Crippen molar-refractivity contribution in [2.24, 2.45) is 4.99 Å². The molecule has 0 aliphatic rings. The first-order valence-electron chi connectivity index (χ1n) is 7.62. The maximum atomic E-state index is 12.9. The highest BCUT2D eigenvalue weighted by molar-refractivity contribution is 5.79. The molecule has 2 N–H and O–H groups in total. The van der Waals surface area contributed by atoms with Crippen LogP contribution < -0.4 is 5.32 Å². The van der Waals surface area contributed by atoms with E-state index in [1.54, 1.807) is 12.1 Å². The molecule has 1 aromatic rings. The molecule has 0 aromatic heterocycles. The molecule has 0 aliphatic heterocycles. The highest BCUT2D eigenvalue weighted by Crippen LogP contribution is 2.13. The van der Waals surface area contributed by atoms with E-state index in [0.717, 1.165) is 31.9 Å². The number of aliphatic imine (C=N–C) groups is 1. The summed E-state index contributed by atoms with van der Waals surface area (Å²) >= 11 is 0. The first-order chi connectivity index (χ1) is 10.6. The van der Waals surface area contributed by atoms with Crippen molar-refractivity contribution in [3.63, 3.8) is 0 Å². The third kappa shape index (κ3) is 6.26. The number of aliphatic hydroxyl groups is 1. The highest BCUT2D eigenvalue weighted by atomic mass is 19.1. The van der Waals surface area contributed by atoms with E-state index >= 15 is 0 Å². The molecule has 22 heavy (non-hydrogen) atoms. The van der Waals surface area contributed by atoms with Crippen molar-refractivity contribution in [2.45, 2.75) is 25.9 Å². The van der Waals surface area contributed by atoms with Gasteiger partial charge in [-0.05, 0) is 37.5 Å². The number of nitrogens with one attached hydrogen (secondary N) is 1. The summed E-state index contributed by atoms with van der Waals surface area (Å²) in [5, 5.41) is 13.3. The standard InChI is InChI=1S/C17H26FN3O/c1-4-6-7-12-21(3)17(19-5-2)20-13-16(22)14-8-10-15(18)11-9-14/h4,8-11,16,22H,1,5-7,12-13H2,2-3H3,(H,19,20). The fourth-order valence-corrected chi connectivity index (χ4v) is 2.01. The van der Waals surface area contributed by atoms with Crippen LogP contribution in [0.5, 0.6) is 0 Å². The quantitative estimate of drug-likeness (QED) is 0.336. The zero-order chi connectivity index (χ0) is 16.4. The SMILES string of the molecule is C=CCCCN(C)C(=NCC(O)c1ccc(F)cc1)NCC. The van der Waals surface area contributed by atoms with Gasteiger partial charge in [0, 0.05) is 20.1 Å². The molecule has 0 saturated carbocycles. The van der Waals surface area contributed by atoms with Crippen molar-refractivity contribution in [1.82, 2.24) is 10.2 Å². The molecular formula is C17H26FN3O. The van der Waals surface area contributed by atoms with Gasteiger partial charge in [-0.1, -0.05) is 18.2 Å². The monoisotopic (exact) mass is 307 g/mol. The van der Waals surface area contributed by atoms with Gasteiger partial charge in [0.15, 0.2) is 5.96 Å². The van der Waals surface area contributed by atoms with Crippen LogP contribution in [0.4, 0.5) is 4.39 Å². The number of allylic oxidation sites excluding steroid dienone is 1. The van der Waals surface area contributed by atoms with Gasteiger partial charge in [-0.25, -0.2) is 4.39 Å². The number of hydrogen-bond acceptors (Lipinski definition) is 2. The molecule has 0 fully saturated rings. The van der Waals surface area contributed by atoms with Gasteiger partial charge in [-0.2, -0.15) is 0 Å². The maximum Gasteiger partial charge on any atom is 0.193 e. The van der Waals surface area contributed by atoms with Crippen LogP contribution in [0, 0.1) is 5.82 Å². The number of nitrogens with zero attached hydrogens (tertiary/aromatic N) is 2. The number of rotatable bonds is 8. The summed E-state index contributed by atoms with van der Waals surface area (Å²) in [6, 6.07) is 5.84. The minimum absolute atomic E-state index is 0.236. The van der Waals surface area contributed by atoms with Crippen LogP contribution in [0.25, 0.3) is 0 Å². The molecule has 0 spiro atoms. The van der Waals surface area contributed by atoms with Crippen LogP contribution in [0.3, 0.4) is 0 Å². The molecule has 0 radical (unpaired) electrons. The summed E-state index contributed by atoms with van der Waals surface area (Å²) in [4.78, 5) is 6.48. The van der Waals surface area contributed by atoms with Crippen molar-refractivity contribution in [2.75, 3.05) is 26.7 Å². The van der Waals surface area contributed by atoms with E-state index in [4.69, 9.17) is 0 Å². The van der Waals surface area contributed by atoms with E-state index in [-0.39, 0.29) is 12.4 Å². The minimum atomic E-state index is -0.740. The van der Waals surface area contributed by atoms with Crippen LogP contribution in [-0.2, 0) is 0 Å². The Morgan fingerprint density at radius 1 is 1.45 bits per heavy atom. The van der Waals surface area contributed by atoms with Crippen molar-refractivity contribution in [3.05, 3.63) is 48.3 Å². The number of benzene rings is 1. The van der Waals surface area contributed by atoms with Gasteiger partial charge >= 0.3 is 0 Å². The van der Waals surface area contributed by atoms with Crippen LogP contribution in [0.2, 0.25) is 0 Å². The van der Waals surface area contributed by atoms with E-state index in [2.05, 4.69) is 16.9 Å². The second kappa shape index (κ2) is 9.95. The molecule has 1 unspecified atom stereocenters. The van der Waals surface area contributed by atoms with Gasteiger partial charge in [0.2, 0.25) is 0 Å². The molecule has 1 rings (SSSR count). The molecule has 0 aliphatic carbocycles. The van der Waals surface area contributed by atoms with Gasteiger partial charge in [-0.15, -0.1) is 6.58 Å². The number of hydrogen-bond donors (Lipinski definition) is 2. The Balaban J connectivity index is 2.63. The number of halogens is 1. The number of unbranched alkanes of at least 4 members (excludes halogenated alkanes) is 1. The summed E-state index contributed by atoms with van der Waals surface area (Å²) < 4.78 is 12.9. The predicted molar refractivity (Wildman–Crippen MR) is 89.4 cm³/mol. The lowest BCUT2D eigenvalue weighted by molar-refractivity contribution is 0.186. The van der Waals surface area contributed by atoms with E-state index in [1.807, 2.05) is 24.9 Å². The first kappa shape index (κ1) is 18.2. The van der Waals surface area contributed by atoms with Crippen LogP contribution >= 0.6 is 0 Å². The molecule has 0 amide bonds. The fourth-order valence-electron chi connectivity index (χ4n) is 2.01. The topological polar surface area (TPSA) is 47.9 Å². The molecule has 0 saturated heterocycles. The van der Waals surface area contributed by atoms with Crippen molar-refractivity contribution < 1.29 is 9.50 Å². The van der Waals surface area contributed by atoms with Gasteiger partial charge in [0.25, 0.3) is 0 Å². The smallest absolute Gasteiger partial charge is 0.193 e. The predicted octanol–water partition coefficient (Wildman–Crippen LogP) is 2.72. The Morgan fingerprint density at radius 3 is 2.73 bits per heavy atom. The summed E-state index contributed by atoms with van der Waals surface area (Å²) in [5.41, 5.74) is 0.662. The van der Waals surface area contributed by atoms with Crippen LogP contribution in [0.1, 0.15) is 31.4 Å². The molecule has 122 valence electrons. The summed E-state index contributed by atoms with van der Waals surface area (Å²) in [5.74, 6) is 0.447. The Morgan fingerprint density at radius 2 is 2.14 bits per heavy atom. The molecule has 5 heteroatoms. The Hall–Kier alpha value is -1.88. The molecule has 4 nitrogen and oxygen atoms in total. The van der Waals surface area contributed by atoms with Gasteiger partial charge in [0.05, 0.1) is 12.6 Å². The van der Waals surface area contributed by atoms with Gasteiger partial charge < -0.3 is 15.3 Å². The molecule has 0 heterocycles. The van der Waals surface area contributed by atoms with Gasteiger partial charge in [0.1, 0.15) is 5.82 Å². The normalized spacial score (nSPS) is 12.8. The zero-order valence-electron chi connectivity index (χ0n) is 13.4. The third-order valence-corrected chi connectivity index (χ3v) is 3.27. The average Bonchev–Trinajstić information content (AvgIpc) is 2.52. The summed E-state index contributed by atoms with van der Waals surface area (Å²) in [6.45, 7) is 7.58. The van der Waals surface area contributed by atoms with Crippen LogP contribution in [0.15, 0.2) is 41.9 Å². The minimum Gasteiger partial charge on any atom is -0.386 e. The zero-order valence-corrected chi connectivity index (χ0v) is 13.4. The lowest BCUT2D eigenvalue weighted by Gasteiger charge is -2.22. The maximum absolute atomic E-state index is 12.9. The third-order valence-electron chi connectivity index (χ3n) is 3.27. The Labute approximate surface area is 132 Å². The van der Waals surface area contributed by atoms with Crippen LogP contribution in [-0.4, -0.2) is 42.6 Å². The van der Waals surface area contributed by atoms with Crippen molar-refractivity contribution in [1.29, 1.82) is 0 Å². The summed E-state index contributed by atoms with van der Waals surface area (Å²) in [7, 11) is 1.97. The molecular weight excluding hydrogens is 281 g/mol. The molecule has 1 atom stereocenters. The van der Waals surface area contributed by atoms with E-state index in [0.29, 0.717) is 5.56 Å². The Bertz CT molecular complexity index is 473. The second-order valence-electron chi connectivity index (χ2n) is 5.11. The fraction of sp³-hybridized carbons (Fsp3) is 0.471. The first-order valence-corrected chi connectivity index (χ1v) is 7.62. The lowest BCUT2D eigenvalue weighted by atomic mass is 10.1. The molecule has 1 aromatic carbocycles. The van der Waals surface area contributed by atoms with Gasteiger partial charge in [-0.3, -0.25) is 4.99 Å². The summed E-state index contributed by atoms with van der Waals surface area (Å²) in [6.07, 6.45) is 3.12. The van der Waals surface area contributed by atoms with E-state index < -0.39 is 6.10 Å². The Kier molecular flexibility index (Phi) is 8.22. The lowest BCUT2D eigenvalue weighted by Crippen LogP contribution is -2.39. The highest BCUT2D eigenvalue weighted by Gasteiger charge is 2.09. The van der Waals surface area contributed by atoms with Crippen molar-refractivity contribution in [3.8, 4) is 0 Å². The number of guanidine groups is 1. The second-order valence-corrected chi connectivity index (χ2v) is 5.11. The average molecular weight is 307 g/mol. The molecule has 0 bridgehead atoms. The number of aliphatic hydroxyl groups excluding tert-OH is 1. The largest absolute Gasteiger partial charge is 0.386 e. The van der Waals surface area contributed by atoms with E-state index in [1.165, 1.54) is 12.1 Å². The van der Waals surface area contributed by atoms with Crippen molar-refractivity contribution >= 4 is 5.96 Å². The van der Waals surface area contributed by atoms with E-state index in [9.17, 15) is 9.50 Å².